The molecule has 1 aliphatic heterocycles. The zero-order chi connectivity index (χ0) is 21.1. The number of hydrogen-bond acceptors (Lipinski definition) is 6. The van der Waals surface area contributed by atoms with Gasteiger partial charge in [0.05, 0.1) is 26.3 Å². The summed E-state index contributed by atoms with van der Waals surface area (Å²) in [6, 6.07) is 18.4. The molecule has 0 unspecified atom stereocenters. The highest BCUT2D eigenvalue weighted by Gasteiger charge is 2.39. The van der Waals surface area contributed by atoms with Crippen LogP contribution in [0, 0.1) is 0 Å². The van der Waals surface area contributed by atoms with Crippen molar-refractivity contribution in [2.24, 2.45) is 0 Å². The number of methoxy groups -OCH3 is 2. The van der Waals surface area contributed by atoms with Gasteiger partial charge >= 0.3 is 0 Å². The van der Waals surface area contributed by atoms with Gasteiger partial charge in [0.2, 0.25) is 0 Å². The molecule has 0 fully saturated rings. The summed E-state index contributed by atoms with van der Waals surface area (Å²) in [6.07, 6.45) is 0. The van der Waals surface area contributed by atoms with Gasteiger partial charge in [-0.2, -0.15) is 0 Å². The van der Waals surface area contributed by atoms with E-state index in [1.807, 2.05) is 47.8 Å². The maximum Gasteiger partial charge on any atom is 0.278 e. The van der Waals surface area contributed by atoms with Gasteiger partial charge < -0.3 is 14.8 Å². The summed E-state index contributed by atoms with van der Waals surface area (Å²) in [7, 11) is 3.11. The van der Waals surface area contributed by atoms with Crippen LogP contribution in [-0.4, -0.2) is 30.9 Å². The normalized spacial score (nSPS) is 13.7. The van der Waals surface area contributed by atoms with E-state index in [4.69, 9.17) is 9.47 Å². The summed E-state index contributed by atoms with van der Waals surface area (Å²) in [5.74, 6) is 0.471. The van der Waals surface area contributed by atoms with Crippen molar-refractivity contribution in [3.05, 3.63) is 82.2 Å². The van der Waals surface area contributed by atoms with E-state index in [2.05, 4.69) is 5.32 Å². The van der Waals surface area contributed by atoms with E-state index in [-0.39, 0.29) is 24.1 Å². The molecule has 2 amide bonds. The van der Waals surface area contributed by atoms with Gasteiger partial charge in [-0.15, -0.1) is 11.3 Å². The largest absolute Gasteiger partial charge is 0.497 e. The molecule has 4 rings (SSSR count). The fourth-order valence-electron chi connectivity index (χ4n) is 3.27. The number of hydrogen-bond donors (Lipinski definition) is 1. The second-order valence-electron chi connectivity index (χ2n) is 6.64. The number of ether oxygens (including phenoxy) is 2. The highest BCUT2D eigenvalue weighted by atomic mass is 32.1. The average molecular weight is 420 g/mol. The van der Waals surface area contributed by atoms with E-state index >= 15 is 0 Å². The molecule has 0 spiro atoms. The summed E-state index contributed by atoms with van der Waals surface area (Å²) < 4.78 is 10.6. The molecule has 1 aromatic heterocycles. The molecule has 2 heterocycles. The Kier molecular flexibility index (Phi) is 5.54. The number of nitrogens with one attached hydrogen (secondary N) is 1. The average Bonchev–Trinajstić information content (AvgIpc) is 3.37. The van der Waals surface area contributed by atoms with Gasteiger partial charge in [-0.1, -0.05) is 36.4 Å². The maximum absolute atomic E-state index is 13.3. The van der Waals surface area contributed by atoms with Crippen LogP contribution in [0.5, 0.6) is 11.5 Å². The second kappa shape index (κ2) is 8.42. The Morgan fingerprint density at radius 1 is 0.900 bits per heavy atom. The Bertz CT molecular complexity index is 1090. The molecule has 0 aliphatic carbocycles. The van der Waals surface area contributed by atoms with Crippen LogP contribution < -0.4 is 14.8 Å². The third kappa shape index (κ3) is 3.79. The minimum absolute atomic E-state index is 0.208. The minimum atomic E-state index is -0.367. The summed E-state index contributed by atoms with van der Waals surface area (Å²) >= 11 is 1.42. The van der Waals surface area contributed by atoms with Crippen LogP contribution in [-0.2, 0) is 16.1 Å². The highest BCUT2D eigenvalue weighted by Crippen LogP contribution is 2.35. The lowest BCUT2D eigenvalue weighted by Gasteiger charge is -2.15. The maximum atomic E-state index is 13.3. The monoisotopic (exact) mass is 420 g/mol. The van der Waals surface area contributed by atoms with Crippen LogP contribution >= 0.6 is 11.3 Å². The fourth-order valence-corrected chi connectivity index (χ4v) is 4.04. The van der Waals surface area contributed by atoms with Crippen molar-refractivity contribution in [2.75, 3.05) is 19.5 Å². The Morgan fingerprint density at radius 2 is 1.60 bits per heavy atom. The number of amides is 2. The van der Waals surface area contributed by atoms with E-state index in [1.165, 1.54) is 16.2 Å². The summed E-state index contributed by atoms with van der Waals surface area (Å²) in [5.41, 5.74) is 2.09. The van der Waals surface area contributed by atoms with Crippen LogP contribution in [0.4, 0.5) is 5.69 Å². The van der Waals surface area contributed by atoms with E-state index < -0.39 is 0 Å². The summed E-state index contributed by atoms with van der Waals surface area (Å²) in [5, 5.41) is 5.02. The van der Waals surface area contributed by atoms with Gasteiger partial charge in [0.25, 0.3) is 11.8 Å². The molecule has 6 nitrogen and oxygen atoms in total. The smallest absolute Gasteiger partial charge is 0.278 e. The molecule has 3 aromatic rings. The minimum Gasteiger partial charge on any atom is -0.497 e. The SMILES string of the molecule is COc1cc(NC2=C(c3cccs3)C(=O)N(Cc3ccccc3)C2=O)cc(OC)c1. The lowest BCUT2D eigenvalue weighted by atomic mass is 10.1. The quantitative estimate of drug-likeness (QED) is 0.582. The predicted molar refractivity (Wildman–Crippen MR) is 116 cm³/mol. The van der Waals surface area contributed by atoms with E-state index in [1.54, 1.807) is 32.4 Å². The first-order valence-corrected chi connectivity index (χ1v) is 10.2. The molecule has 0 saturated heterocycles. The first kappa shape index (κ1) is 19.7. The predicted octanol–water partition coefficient (Wildman–Crippen LogP) is 4.16. The first-order valence-electron chi connectivity index (χ1n) is 9.29. The molecule has 1 N–H and O–H groups in total. The van der Waals surface area contributed by atoms with Gasteiger partial charge in [-0.3, -0.25) is 14.5 Å². The molecule has 30 heavy (non-hydrogen) atoms. The van der Waals surface area contributed by atoms with Crippen molar-refractivity contribution < 1.29 is 19.1 Å². The lowest BCUT2D eigenvalue weighted by Crippen LogP contribution is -2.31. The Balaban J connectivity index is 1.73. The van der Waals surface area contributed by atoms with Gasteiger partial charge in [0, 0.05) is 28.8 Å². The molecule has 0 atom stereocenters. The number of rotatable bonds is 7. The van der Waals surface area contributed by atoms with Gasteiger partial charge in [0.1, 0.15) is 17.2 Å². The van der Waals surface area contributed by atoms with Crippen LogP contribution in [0.1, 0.15) is 10.4 Å². The second-order valence-corrected chi connectivity index (χ2v) is 7.58. The lowest BCUT2D eigenvalue weighted by molar-refractivity contribution is -0.137. The Labute approximate surface area is 178 Å². The molecule has 0 radical (unpaired) electrons. The van der Waals surface area contributed by atoms with E-state index in [0.717, 1.165) is 10.4 Å². The van der Waals surface area contributed by atoms with E-state index in [9.17, 15) is 9.59 Å². The topological polar surface area (TPSA) is 67.9 Å². The van der Waals surface area contributed by atoms with Crippen molar-refractivity contribution in [2.45, 2.75) is 6.54 Å². The fraction of sp³-hybridized carbons (Fsp3) is 0.130. The van der Waals surface area contributed by atoms with E-state index in [0.29, 0.717) is 22.8 Å². The number of carbonyl (C=O) groups is 2. The number of nitrogens with zero attached hydrogens (tertiary/aromatic N) is 1. The van der Waals surface area contributed by atoms with Gasteiger partial charge in [-0.05, 0) is 17.0 Å². The van der Waals surface area contributed by atoms with Gasteiger partial charge in [0.15, 0.2) is 0 Å². The Hall–Kier alpha value is -3.58. The standard InChI is InChI=1S/C23H20N2O4S/c1-28-17-11-16(12-18(13-17)29-2)24-21-20(19-9-6-10-30-19)22(26)25(23(21)27)14-15-7-4-3-5-8-15/h3-13,24H,14H2,1-2H3. The molecule has 152 valence electrons. The number of imide groups is 1. The number of thiophene rings is 1. The molecular formula is C23H20N2O4S. The molecule has 2 aromatic carbocycles. The van der Waals surface area contributed by atoms with Crippen molar-refractivity contribution >= 4 is 34.4 Å². The van der Waals surface area contributed by atoms with Crippen molar-refractivity contribution in [1.82, 2.24) is 4.90 Å². The number of anilines is 1. The number of benzene rings is 2. The summed E-state index contributed by atoms with van der Waals surface area (Å²) in [4.78, 5) is 28.5. The van der Waals surface area contributed by atoms with Crippen LogP contribution in [0.15, 0.2) is 71.7 Å². The van der Waals surface area contributed by atoms with Crippen LogP contribution in [0.3, 0.4) is 0 Å². The van der Waals surface area contributed by atoms with Crippen LogP contribution in [0.25, 0.3) is 5.57 Å². The Morgan fingerprint density at radius 3 is 2.20 bits per heavy atom. The molecule has 7 heteroatoms. The van der Waals surface area contributed by atoms with Crippen molar-refractivity contribution in [3.8, 4) is 11.5 Å². The zero-order valence-electron chi connectivity index (χ0n) is 16.5. The molecule has 0 bridgehead atoms. The molecular weight excluding hydrogens is 400 g/mol. The first-order chi connectivity index (χ1) is 14.6. The van der Waals surface area contributed by atoms with Gasteiger partial charge in [-0.25, -0.2) is 0 Å². The third-order valence-electron chi connectivity index (χ3n) is 4.74. The molecule has 0 saturated carbocycles. The van der Waals surface area contributed by atoms with Crippen molar-refractivity contribution in [1.29, 1.82) is 0 Å². The number of carbonyl (C=O) groups excluding carboxylic acids is 2. The summed E-state index contributed by atoms with van der Waals surface area (Å²) in [6.45, 7) is 0.208. The van der Waals surface area contributed by atoms with Crippen molar-refractivity contribution in [3.63, 3.8) is 0 Å². The third-order valence-corrected chi connectivity index (χ3v) is 5.63. The van der Waals surface area contributed by atoms with Crippen LogP contribution in [0.2, 0.25) is 0 Å². The zero-order valence-corrected chi connectivity index (χ0v) is 17.4. The molecule has 1 aliphatic rings. The highest BCUT2D eigenvalue weighted by molar-refractivity contribution is 7.11.